The van der Waals surface area contributed by atoms with Crippen LogP contribution in [0.25, 0.3) is 0 Å². The fraction of sp³-hybridized carbons (Fsp3) is 0.579. The molecule has 1 aromatic rings. The second-order valence-corrected chi connectivity index (χ2v) is 7.47. The predicted molar refractivity (Wildman–Crippen MR) is 96.6 cm³/mol. The first-order valence-corrected chi connectivity index (χ1v) is 8.84. The summed E-state index contributed by atoms with van der Waals surface area (Å²) in [5.41, 5.74) is 0.336. The molecule has 1 fully saturated rings. The molecule has 2 amide bonds. The lowest BCUT2D eigenvalue weighted by Crippen LogP contribution is -2.54. The molecule has 144 valence electrons. The van der Waals surface area contributed by atoms with Gasteiger partial charge in [0.25, 0.3) is 0 Å². The molecular weight excluding hydrogens is 336 g/mol. The Bertz CT molecular complexity index is 600. The molecule has 7 nitrogen and oxygen atoms in total. The van der Waals surface area contributed by atoms with Gasteiger partial charge in [0, 0.05) is 31.7 Å². The van der Waals surface area contributed by atoms with E-state index < -0.39 is 17.8 Å². The summed E-state index contributed by atoms with van der Waals surface area (Å²) in [6.07, 6.45) is -0.394. The molecule has 0 spiro atoms. The van der Waals surface area contributed by atoms with Crippen LogP contribution in [-0.4, -0.2) is 53.5 Å². The third-order valence-corrected chi connectivity index (χ3v) is 4.14. The van der Waals surface area contributed by atoms with Gasteiger partial charge in [-0.25, -0.2) is 9.59 Å². The molecule has 0 bridgehead atoms. The minimum Gasteiger partial charge on any atom is -0.445 e. The van der Waals surface area contributed by atoms with E-state index in [4.69, 9.17) is 9.47 Å². The summed E-state index contributed by atoms with van der Waals surface area (Å²) in [6, 6.07) is 9.16. The molecule has 1 aliphatic heterocycles. The van der Waals surface area contributed by atoms with E-state index in [1.807, 2.05) is 51.1 Å². The van der Waals surface area contributed by atoms with Crippen LogP contribution < -0.4 is 5.32 Å². The largest absolute Gasteiger partial charge is 0.445 e. The number of nitrogens with zero attached hydrogens (tertiary/aromatic N) is 1. The van der Waals surface area contributed by atoms with Crippen LogP contribution in [0, 0.1) is 5.92 Å². The van der Waals surface area contributed by atoms with E-state index in [0.717, 1.165) is 5.56 Å². The third-order valence-electron chi connectivity index (χ3n) is 4.14. The SMILES string of the molecule is CC(C)(C)OC(=O)N1CC[C@H](NC(=O)OCc2ccccc2)[C@@H](CO)C1. The molecule has 2 rings (SSSR count). The van der Waals surface area contributed by atoms with Gasteiger partial charge in [-0.05, 0) is 32.8 Å². The Morgan fingerprint density at radius 3 is 2.58 bits per heavy atom. The number of amides is 2. The smallest absolute Gasteiger partial charge is 0.410 e. The summed E-state index contributed by atoms with van der Waals surface area (Å²) in [4.78, 5) is 25.8. The van der Waals surface area contributed by atoms with E-state index in [-0.39, 0.29) is 25.2 Å². The Morgan fingerprint density at radius 1 is 1.27 bits per heavy atom. The van der Waals surface area contributed by atoms with Crippen molar-refractivity contribution in [1.82, 2.24) is 10.2 Å². The third kappa shape index (κ3) is 6.22. The molecule has 1 heterocycles. The maximum absolute atomic E-state index is 12.2. The molecule has 0 radical (unpaired) electrons. The van der Waals surface area contributed by atoms with Gasteiger partial charge in [-0.2, -0.15) is 0 Å². The molecule has 26 heavy (non-hydrogen) atoms. The molecule has 2 atom stereocenters. The van der Waals surface area contributed by atoms with Crippen molar-refractivity contribution in [3.63, 3.8) is 0 Å². The van der Waals surface area contributed by atoms with E-state index in [9.17, 15) is 14.7 Å². The highest BCUT2D eigenvalue weighted by Crippen LogP contribution is 2.20. The van der Waals surface area contributed by atoms with Crippen molar-refractivity contribution in [2.24, 2.45) is 5.92 Å². The van der Waals surface area contributed by atoms with Crippen LogP contribution in [-0.2, 0) is 16.1 Å². The number of hydrogen-bond acceptors (Lipinski definition) is 5. The van der Waals surface area contributed by atoms with E-state index >= 15 is 0 Å². The topological polar surface area (TPSA) is 88.1 Å². The number of nitrogens with one attached hydrogen (secondary N) is 1. The monoisotopic (exact) mass is 364 g/mol. The molecule has 0 saturated carbocycles. The maximum Gasteiger partial charge on any atom is 0.410 e. The van der Waals surface area contributed by atoms with Crippen LogP contribution in [0.2, 0.25) is 0 Å². The number of likely N-dealkylation sites (tertiary alicyclic amines) is 1. The van der Waals surface area contributed by atoms with Gasteiger partial charge in [0.05, 0.1) is 0 Å². The van der Waals surface area contributed by atoms with E-state index in [1.54, 1.807) is 4.90 Å². The fourth-order valence-corrected chi connectivity index (χ4v) is 2.82. The number of carbonyl (C=O) groups is 2. The molecule has 0 aliphatic carbocycles. The zero-order valence-electron chi connectivity index (χ0n) is 15.6. The van der Waals surface area contributed by atoms with Gasteiger partial charge in [0.1, 0.15) is 12.2 Å². The van der Waals surface area contributed by atoms with Crippen LogP contribution >= 0.6 is 0 Å². The van der Waals surface area contributed by atoms with Crippen molar-refractivity contribution >= 4 is 12.2 Å². The predicted octanol–water partition coefficient (Wildman–Crippen LogP) is 2.53. The van der Waals surface area contributed by atoms with Crippen molar-refractivity contribution in [1.29, 1.82) is 0 Å². The van der Waals surface area contributed by atoms with Crippen LogP contribution in [0.3, 0.4) is 0 Å². The van der Waals surface area contributed by atoms with Gasteiger partial charge in [-0.3, -0.25) is 0 Å². The van der Waals surface area contributed by atoms with Crippen LogP contribution in [0.4, 0.5) is 9.59 Å². The van der Waals surface area contributed by atoms with Gasteiger partial charge in [0.15, 0.2) is 0 Å². The number of alkyl carbamates (subject to hydrolysis) is 1. The number of ether oxygens (including phenoxy) is 2. The summed E-state index contributed by atoms with van der Waals surface area (Å²) >= 11 is 0. The lowest BCUT2D eigenvalue weighted by Gasteiger charge is -2.38. The molecule has 1 aromatic carbocycles. The Balaban J connectivity index is 1.83. The average Bonchev–Trinajstić information content (AvgIpc) is 2.59. The van der Waals surface area contributed by atoms with Gasteiger partial charge in [0.2, 0.25) is 0 Å². The number of piperidine rings is 1. The first-order valence-electron chi connectivity index (χ1n) is 8.84. The standard InChI is InChI=1S/C19H28N2O5/c1-19(2,3)26-18(24)21-10-9-16(15(11-21)12-22)20-17(23)25-13-14-7-5-4-6-8-14/h4-8,15-16,22H,9-13H2,1-3H3,(H,20,23)/t15-,16+/m1/s1. The molecule has 1 aliphatic rings. The fourth-order valence-electron chi connectivity index (χ4n) is 2.82. The van der Waals surface area contributed by atoms with Crippen LogP contribution in [0.1, 0.15) is 32.8 Å². The summed E-state index contributed by atoms with van der Waals surface area (Å²) in [5, 5.41) is 12.4. The number of benzene rings is 1. The minimum absolute atomic E-state index is 0.136. The lowest BCUT2D eigenvalue weighted by molar-refractivity contribution is 0.00834. The summed E-state index contributed by atoms with van der Waals surface area (Å²) in [6.45, 7) is 6.27. The number of aliphatic hydroxyl groups excluding tert-OH is 1. The molecule has 2 N–H and O–H groups in total. The molecule has 7 heteroatoms. The van der Waals surface area contributed by atoms with Crippen molar-refractivity contribution in [3.05, 3.63) is 35.9 Å². The molecule has 0 aromatic heterocycles. The Hall–Kier alpha value is -2.28. The van der Waals surface area contributed by atoms with E-state index in [2.05, 4.69) is 5.32 Å². The second kappa shape index (κ2) is 8.89. The van der Waals surface area contributed by atoms with Crippen molar-refractivity contribution in [2.45, 2.75) is 45.4 Å². The van der Waals surface area contributed by atoms with Gasteiger partial charge in [-0.15, -0.1) is 0 Å². The highest BCUT2D eigenvalue weighted by Gasteiger charge is 2.34. The van der Waals surface area contributed by atoms with Crippen LogP contribution in [0.5, 0.6) is 0 Å². The van der Waals surface area contributed by atoms with Crippen molar-refractivity contribution in [2.75, 3.05) is 19.7 Å². The second-order valence-electron chi connectivity index (χ2n) is 7.47. The number of carbonyl (C=O) groups excluding carboxylic acids is 2. The van der Waals surface area contributed by atoms with Crippen molar-refractivity contribution in [3.8, 4) is 0 Å². The van der Waals surface area contributed by atoms with Gasteiger partial charge >= 0.3 is 12.2 Å². The highest BCUT2D eigenvalue weighted by atomic mass is 16.6. The van der Waals surface area contributed by atoms with E-state index in [0.29, 0.717) is 19.5 Å². The molecule has 1 saturated heterocycles. The number of aliphatic hydroxyl groups is 1. The summed E-state index contributed by atoms with van der Waals surface area (Å²) < 4.78 is 10.6. The average molecular weight is 364 g/mol. The van der Waals surface area contributed by atoms with Crippen molar-refractivity contribution < 1.29 is 24.2 Å². The lowest BCUT2D eigenvalue weighted by atomic mass is 9.93. The molecular formula is C19H28N2O5. The normalized spacial score (nSPS) is 20.4. The number of hydrogen-bond donors (Lipinski definition) is 2. The Morgan fingerprint density at radius 2 is 1.96 bits per heavy atom. The van der Waals surface area contributed by atoms with Gasteiger partial charge < -0.3 is 24.8 Å². The quantitative estimate of drug-likeness (QED) is 0.857. The summed E-state index contributed by atoms with van der Waals surface area (Å²) in [5.74, 6) is -0.263. The Kier molecular flexibility index (Phi) is 6.85. The van der Waals surface area contributed by atoms with Gasteiger partial charge in [-0.1, -0.05) is 30.3 Å². The maximum atomic E-state index is 12.2. The zero-order valence-corrected chi connectivity index (χ0v) is 15.6. The first kappa shape index (κ1) is 20.0. The zero-order chi connectivity index (χ0) is 19.2. The molecule has 0 unspecified atom stereocenters. The summed E-state index contributed by atoms with van der Waals surface area (Å²) in [7, 11) is 0. The first-order chi connectivity index (χ1) is 12.3. The Labute approximate surface area is 154 Å². The minimum atomic E-state index is -0.567. The van der Waals surface area contributed by atoms with Crippen LogP contribution in [0.15, 0.2) is 30.3 Å². The number of rotatable bonds is 4. The van der Waals surface area contributed by atoms with E-state index in [1.165, 1.54) is 0 Å². The highest BCUT2D eigenvalue weighted by molar-refractivity contribution is 5.69.